The zero-order valence-corrected chi connectivity index (χ0v) is 10.8. The van der Waals surface area contributed by atoms with Crippen molar-refractivity contribution >= 4 is 34.6 Å². The SMILES string of the molecule is O=C(O)c1cc(Oc2cc(Cl)ccc2[N+](=O)[O-])cs1. The molecule has 8 heteroatoms. The topological polar surface area (TPSA) is 89.7 Å². The van der Waals surface area contributed by atoms with Gasteiger partial charge in [-0.05, 0) is 6.07 Å². The van der Waals surface area contributed by atoms with Crippen LogP contribution in [0.2, 0.25) is 5.02 Å². The molecule has 0 bridgehead atoms. The number of hydrogen-bond acceptors (Lipinski definition) is 5. The lowest BCUT2D eigenvalue weighted by molar-refractivity contribution is -0.385. The van der Waals surface area contributed by atoms with Crippen LogP contribution in [0, 0.1) is 10.1 Å². The summed E-state index contributed by atoms with van der Waals surface area (Å²) < 4.78 is 5.30. The maximum atomic E-state index is 10.8. The van der Waals surface area contributed by atoms with Crippen LogP contribution in [0.5, 0.6) is 11.5 Å². The second-order valence-corrected chi connectivity index (χ2v) is 4.77. The minimum Gasteiger partial charge on any atom is -0.477 e. The summed E-state index contributed by atoms with van der Waals surface area (Å²) in [5.74, 6) is -0.902. The number of nitro benzene ring substituents is 1. The zero-order chi connectivity index (χ0) is 14.0. The van der Waals surface area contributed by atoms with Gasteiger partial charge in [0, 0.05) is 28.6 Å². The molecule has 0 unspecified atom stereocenters. The molecule has 0 saturated heterocycles. The lowest BCUT2D eigenvalue weighted by atomic mass is 10.3. The molecular weight excluding hydrogens is 294 g/mol. The van der Waals surface area contributed by atoms with E-state index >= 15 is 0 Å². The molecule has 1 heterocycles. The predicted molar refractivity (Wildman–Crippen MR) is 69.5 cm³/mol. The molecule has 98 valence electrons. The zero-order valence-electron chi connectivity index (χ0n) is 9.20. The Balaban J connectivity index is 2.33. The number of thiophene rings is 1. The Bertz CT molecular complexity index is 654. The quantitative estimate of drug-likeness (QED) is 0.685. The van der Waals surface area contributed by atoms with Crippen LogP contribution in [0.15, 0.2) is 29.6 Å². The average Bonchev–Trinajstić information content (AvgIpc) is 2.77. The van der Waals surface area contributed by atoms with Gasteiger partial charge in [0.2, 0.25) is 5.75 Å². The fourth-order valence-electron chi connectivity index (χ4n) is 1.33. The molecule has 0 aliphatic heterocycles. The number of aromatic carboxylic acids is 1. The van der Waals surface area contributed by atoms with Crippen LogP contribution >= 0.6 is 22.9 Å². The monoisotopic (exact) mass is 299 g/mol. The highest BCUT2D eigenvalue weighted by molar-refractivity contribution is 7.12. The fraction of sp³-hybridized carbons (Fsp3) is 0. The van der Waals surface area contributed by atoms with Crippen molar-refractivity contribution in [1.29, 1.82) is 0 Å². The van der Waals surface area contributed by atoms with E-state index in [9.17, 15) is 14.9 Å². The number of nitrogens with zero attached hydrogens (tertiary/aromatic N) is 1. The molecule has 0 amide bonds. The van der Waals surface area contributed by atoms with Crippen LogP contribution in [0.1, 0.15) is 9.67 Å². The summed E-state index contributed by atoms with van der Waals surface area (Å²) in [5.41, 5.74) is -0.243. The van der Waals surface area contributed by atoms with Gasteiger partial charge in [0.05, 0.1) is 4.92 Å². The average molecular weight is 300 g/mol. The second-order valence-electron chi connectivity index (χ2n) is 3.42. The maximum absolute atomic E-state index is 10.8. The first-order chi connectivity index (χ1) is 8.97. The van der Waals surface area contributed by atoms with Gasteiger partial charge >= 0.3 is 11.7 Å². The minimum absolute atomic E-state index is 0.0350. The molecule has 0 atom stereocenters. The minimum atomic E-state index is -1.08. The van der Waals surface area contributed by atoms with Crippen molar-refractivity contribution < 1.29 is 19.6 Å². The summed E-state index contributed by atoms with van der Waals surface area (Å²) in [5, 5.41) is 21.3. The van der Waals surface area contributed by atoms with E-state index in [0.29, 0.717) is 0 Å². The van der Waals surface area contributed by atoms with Crippen LogP contribution in [0.4, 0.5) is 5.69 Å². The normalized spacial score (nSPS) is 10.2. The van der Waals surface area contributed by atoms with Gasteiger partial charge in [-0.1, -0.05) is 11.6 Å². The van der Waals surface area contributed by atoms with Gasteiger partial charge in [-0.25, -0.2) is 4.79 Å². The van der Waals surface area contributed by atoms with Gasteiger partial charge in [-0.15, -0.1) is 11.3 Å². The van der Waals surface area contributed by atoms with E-state index in [1.54, 1.807) is 0 Å². The third-order valence-electron chi connectivity index (χ3n) is 2.13. The standard InChI is InChI=1S/C11H6ClNO5S/c12-6-1-2-8(13(16)17)9(3-6)18-7-4-10(11(14)15)19-5-7/h1-5H,(H,14,15). The Morgan fingerprint density at radius 2 is 2.16 bits per heavy atom. The van der Waals surface area contributed by atoms with Gasteiger partial charge in [-0.2, -0.15) is 0 Å². The molecule has 2 aromatic rings. The Morgan fingerprint density at radius 3 is 2.74 bits per heavy atom. The van der Waals surface area contributed by atoms with Gasteiger partial charge in [0.25, 0.3) is 0 Å². The van der Waals surface area contributed by atoms with Crippen molar-refractivity contribution in [2.45, 2.75) is 0 Å². The Kier molecular flexibility index (Phi) is 3.68. The summed E-state index contributed by atoms with van der Waals surface area (Å²) in [7, 11) is 0. The van der Waals surface area contributed by atoms with E-state index in [-0.39, 0.29) is 27.1 Å². The highest BCUT2D eigenvalue weighted by Crippen LogP contribution is 2.35. The number of ether oxygens (including phenoxy) is 1. The molecule has 1 aromatic carbocycles. The van der Waals surface area contributed by atoms with E-state index in [0.717, 1.165) is 11.3 Å². The van der Waals surface area contributed by atoms with E-state index in [1.165, 1.54) is 29.6 Å². The summed E-state index contributed by atoms with van der Waals surface area (Å²) in [4.78, 5) is 21.0. The number of benzene rings is 1. The van der Waals surface area contributed by atoms with Crippen LogP contribution in [-0.2, 0) is 0 Å². The van der Waals surface area contributed by atoms with Crippen molar-refractivity contribution in [3.8, 4) is 11.5 Å². The molecule has 0 aliphatic carbocycles. The summed E-state index contributed by atoms with van der Waals surface area (Å²) in [6.07, 6.45) is 0. The molecule has 0 aliphatic rings. The van der Waals surface area contributed by atoms with Crippen LogP contribution in [-0.4, -0.2) is 16.0 Å². The first-order valence-electron chi connectivity index (χ1n) is 4.91. The predicted octanol–water partition coefficient (Wildman–Crippen LogP) is 3.80. The lowest BCUT2D eigenvalue weighted by Crippen LogP contribution is -1.93. The van der Waals surface area contributed by atoms with Crippen LogP contribution in [0.25, 0.3) is 0 Å². The van der Waals surface area contributed by atoms with Gasteiger partial charge in [-0.3, -0.25) is 10.1 Å². The fourth-order valence-corrected chi connectivity index (χ4v) is 2.14. The number of carboxylic acids is 1. The van der Waals surface area contributed by atoms with Crippen LogP contribution < -0.4 is 4.74 Å². The van der Waals surface area contributed by atoms with E-state index in [2.05, 4.69) is 0 Å². The molecule has 0 spiro atoms. The van der Waals surface area contributed by atoms with Crippen molar-refractivity contribution in [1.82, 2.24) is 0 Å². The first-order valence-corrected chi connectivity index (χ1v) is 6.17. The number of nitro groups is 1. The van der Waals surface area contributed by atoms with Gasteiger partial charge < -0.3 is 9.84 Å². The third kappa shape index (κ3) is 3.01. The molecule has 0 saturated carbocycles. The summed E-state index contributed by atoms with van der Waals surface area (Å²) in [6, 6.07) is 5.19. The second kappa shape index (κ2) is 5.25. The van der Waals surface area contributed by atoms with E-state index in [4.69, 9.17) is 21.4 Å². The number of rotatable bonds is 4. The van der Waals surface area contributed by atoms with Gasteiger partial charge in [0.1, 0.15) is 10.6 Å². The molecule has 1 N–H and O–H groups in total. The number of carboxylic acid groups (broad SMARTS) is 1. The van der Waals surface area contributed by atoms with Gasteiger partial charge in [0.15, 0.2) is 0 Å². The molecule has 6 nitrogen and oxygen atoms in total. The molecule has 2 rings (SSSR count). The highest BCUT2D eigenvalue weighted by atomic mass is 35.5. The van der Waals surface area contributed by atoms with Crippen molar-refractivity contribution in [2.24, 2.45) is 0 Å². The smallest absolute Gasteiger partial charge is 0.346 e. The molecule has 0 radical (unpaired) electrons. The Hall–Kier alpha value is -2.12. The maximum Gasteiger partial charge on any atom is 0.346 e. The number of carbonyl (C=O) groups is 1. The molecular formula is C11H6ClNO5S. The van der Waals surface area contributed by atoms with Crippen molar-refractivity contribution in [3.63, 3.8) is 0 Å². The van der Waals surface area contributed by atoms with Crippen LogP contribution in [0.3, 0.4) is 0 Å². The van der Waals surface area contributed by atoms with Crippen molar-refractivity contribution in [2.75, 3.05) is 0 Å². The lowest BCUT2D eigenvalue weighted by Gasteiger charge is -2.04. The number of hydrogen-bond donors (Lipinski definition) is 1. The van der Waals surface area contributed by atoms with E-state index in [1.807, 2.05) is 0 Å². The first kappa shape index (κ1) is 13.3. The van der Waals surface area contributed by atoms with E-state index < -0.39 is 10.9 Å². The molecule has 1 aromatic heterocycles. The highest BCUT2D eigenvalue weighted by Gasteiger charge is 2.17. The molecule has 19 heavy (non-hydrogen) atoms. The third-order valence-corrected chi connectivity index (χ3v) is 3.26. The molecule has 0 fully saturated rings. The Morgan fingerprint density at radius 1 is 1.42 bits per heavy atom. The number of halogens is 1. The summed E-state index contributed by atoms with van der Waals surface area (Å²) >= 11 is 6.72. The largest absolute Gasteiger partial charge is 0.477 e. The Labute approximate surface area is 116 Å². The van der Waals surface area contributed by atoms with Crippen molar-refractivity contribution in [3.05, 3.63) is 49.7 Å². The summed E-state index contributed by atoms with van der Waals surface area (Å²) in [6.45, 7) is 0.